The summed E-state index contributed by atoms with van der Waals surface area (Å²) in [7, 11) is 0. The van der Waals surface area contributed by atoms with Crippen LogP contribution < -0.4 is 0 Å². The Balaban J connectivity index is 1.45. The van der Waals surface area contributed by atoms with Gasteiger partial charge < -0.3 is 18.8 Å². The van der Waals surface area contributed by atoms with E-state index < -0.39 is 5.79 Å². The molecule has 162 valence electrons. The molecule has 0 radical (unpaired) electrons. The molecular formula is C25H29N3O3. The van der Waals surface area contributed by atoms with Crippen LogP contribution >= 0.6 is 0 Å². The number of pyridine rings is 1. The zero-order valence-electron chi connectivity index (χ0n) is 18.5. The third kappa shape index (κ3) is 3.75. The fraction of sp³-hybridized carbons (Fsp3) is 0.440. The molecule has 0 aliphatic carbocycles. The van der Waals surface area contributed by atoms with E-state index >= 15 is 0 Å². The fourth-order valence-corrected chi connectivity index (χ4v) is 4.62. The monoisotopic (exact) mass is 419 g/mol. The second-order valence-corrected chi connectivity index (χ2v) is 8.80. The molecule has 2 aliphatic rings. The number of carbonyl (C=O) groups is 1. The second kappa shape index (κ2) is 7.77. The van der Waals surface area contributed by atoms with Crippen molar-refractivity contribution in [3.05, 3.63) is 58.9 Å². The number of aromatic nitrogens is 2. The first-order chi connectivity index (χ1) is 14.9. The lowest BCUT2D eigenvalue weighted by Gasteiger charge is -2.37. The molecular weight excluding hydrogens is 390 g/mol. The highest BCUT2D eigenvalue weighted by Gasteiger charge is 2.40. The molecule has 6 nitrogen and oxygen atoms in total. The van der Waals surface area contributed by atoms with Crippen molar-refractivity contribution in [3.63, 3.8) is 0 Å². The summed E-state index contributed by atoms with van der Waals surface area (Å²) < 4.78 is 13.7. The topological polar surface area (TPSA) is 56.1 Å². The maximum atomic E-state index is 13.3. The Labute approximate surface area is 182 Å². The van der Waals surface area contributed by atoms with Crippen molar-refractivity contribution in [2.75, 3.05) is 26.3 Å². The minimum Gasteiger partial charge on any atom is -0.347 e. The number of hydrogen-bond donors (Lipinski definition) is 0. The van der Waals surface area contributed by atoms with E-state index in [4.69, 9.17) is 14.5 Å². The SMILES string of the molecule is Cc1ccn2c(CC(=O)N3CCC4(CC3)OCCO4)c(-c3ccc(C)c(C)c3)nc2c1. The molecule has 0 unspecified atom stereocenters. The quantitative estimate of drug-likeness (QED) is 0.647. The molecule has 1 aromatic carbocycles. The highest BCUT2D eigenvalue weighted by molar-refractivity contribution is 5.82. The number of likely N-dealkylation sites (tertiary alicyclic amines) is 1. The number of carbonyl (C=O) groups excluding carboxylic acids is 1. The van der Waals surface area contributed by atoms with Crippen LogP contribution in [0.1, 0.15) is 35.2 Å². The molecule has 2 fully saturated rings. The number of hydrogen-bond acceptors (Lipinski definition) is 4. The van der Waals surface area contributed by atoms with Gasteiger partial charge in [0.05, 0.1) is 31.0 Å². The van der Waals surface area contributed by atoms with Crippen LogP contribution in [0.25, 0.3) is 16.9 Å². The van der Waals surface area contributed by atoms with Gasteiger partial charge >= 0.3 is 0 Å². The van der Waals surface area contributed by atoms with Crippen LogP contribution in [0.2, 0.25) is 0 Å². The number of piperidine rings is 1. The molecule has 6 heteroatoms. The first kappa shape index (κ1) is 20.2. The van der Waals surface area contributed by atoms with Crippen LogP contribution in [-0.2, 0) is 20.7 Å². The molecule has 1 spiro atoms. The summed E-state index contributed by atoms with van der Waals surface area (Å²) in [5, 5.41) is 0. The Morgan fingerprint density at radius 2 is 1.77 bits per heavy atom. The van der Waals surface area contributed by atoms with Crippen LogP contribution in [0.5, 0.6) is 0 Å². The van der Waals surface area contributed by atoms with Gasteiger partial charge in [0.15, 0.2) is 5.79 Å². The largest absolute Gasteiger partial charge is 0.347 e. The average Bonchev–Trinajstić information content (AvgIpc) is 3.35. The summed E-state index contributed by atoms with van der Waals surface area (Å²) in [5.74, 6) is -0.345. The van der Waals surface area contributed by atoms with Crippen molar-refractivity contribution in [2.45, 2.75) is 45.8 Å². The number of imidazole rings is 1. The highest BCUT2D eigenvalue weighted by atomic mass is 16.7. The van der Waals surface area contributed by atoms with E-state index in [2.05, 4.69) is 55.5 Å². The van der Waals surface area contributed by atoms with Gasteiger partial charge in [-0.05, 0) is 55.7 Å². The van der Waals surface area contributed by atoms with Crippen molar-refractivity contribution >= 4 is 11.6 Å². The lowest BCUT2D eigenvalue weighted by atomic mass is 10.0. The van der Waals surface area contributed by atoms with Gasteiger partial charge in [-0.3, -0.25) is 4.79 Å². The van der Waals surface area contributed by atoms with Gasteiger partial charge in [0.25, 0.3) is 0 Å². The number of benzene rings is 1. The van der Waals surface area contributed by atoms with Crippen LogP contribution in [0.3, 0.4) is 0 Å². The maximum absolute atomic E-state index is 13.3. The predicted molar refractivity (Wildman–Crippen MR) is 119 cm³/mol. The number of aryl methyl sites for hydroxylation is 3. The number of ether oxygens (including phenoxy) is 2. The van der Waals surface area contributed by atoms with Crippen molar-refractivity contribution in [1.82, 2.24) is 14.3 Å². The lowest BCUT2D eigenvalue weighted by Crippen LogP contribution is -2.47. The Hall–Kier alpha value is -2.70. The summed E-state index contributed by atoms with van der Waals surface area (Å²) in [6.45, 7) is 8.90. The summed E-state index contributed by atoms with van der Waals surface area (Å²) in [4.78, 5) is 20.1. The third-order valence-corrected chi connectivity index (χ3v) is 6.67. The van der Waals surface area contributed by atoms with E-state index in [1.807, 2.05) is 11.1 Å². The molecule has 0 bridgehead atoms. The Morgan fingerprint density at radius 3 is 2.48 bits per heavy atom. The Kier molecular flexibility index (Phi) is 5.07. The van der Waals surface area contributed by atoms with Gasteiger partial charge in [0.1, 0.15) is 5.65 Å². The van der Waals surface area contributed by atoms with E-state index in [1.54, 1.807) is 0 Å². The summed E-state index contributed by atoms with van der Waals surface area (Å²) in [6.07, 6.45) is 3.81. The molecule has 0 N–H and O–H groups in total. The first-order valence-corrected chi connectivity index (χ1v) is 11.1. The zero-order chi connectivity index (χ0) is 21.6. The molecule has 5 rings (SSSR count). The third-order valence-electron chi connectivity index (χ3n) is 6.67. The maximum Gasteiger partial charge on any atom is 0.228 e. The van der Waals surface area contributed by atoms with Crippen molar-refractivity contribution < 1.29 is 14.3 Å². The molecule has 4 heterocycles. The normalized spacial score (nSPS) is 18.2. The highest BCUT2D eigenvalue weighted by Crippen LogP contribution is 2.32. The van der Waals surface area contributed by atoms with E-state index in [9.17, 15) is 4.79 Å². The second-order valence-electron chi connectivity index (χ2n) is 8.80. The molecule has 2 aromatic heterocycles. The Bertz CT molecular complexity index is 1130. The zero-order valence-corrected chi connectivity index (χ0v) is 18.5. The standard InChI is InChI=1S/C25H29N3O3/c1-17-6-9-28-21(16-23(29)27-10-7-25(8-11-27)30-12-13-31-25)24(26-22(28)14-17)20-5-4-18(2)19(3)15-20/h4-6,9,14-15H,7-8,10-13,16H2,1-3H3. The van der Waals surface area contributed by atoms with Crippen molar-refractivity contribution in [3.8, 4) is 11.3 Å². The van der Waals surface area contributed by atoms with Crippen LogP contribution in [0, 0.1) is 20.8 Å². The molecule has 0 saturated carbocycles. The van der Waals surface area contributed by atoms with E-state index in [-0.39, 0.29) is 5.91 Å². The first-order valence-electron chi connectivity index (χ1n) is 11.1. The van der Waals surface area contributed by atoms with Gasteiger partial charge in [0, 0.05) is 37.7 Å². The van der Waals surface area contributed by atoms with Crippen molar-refractivity contribution in [1.29, 1.82) is 0 Å². The van der Waals surface area contributed by atoms with E-state index in [1.165, 1.54) is 11.1 Å². The van der Waals surface area contributed by atoms with Gasteiger partial charge in [-0.25, -0.2) is 4.98 Å². The van der Waals surface area contributed by atoms with Crippen LogP contribution in [0.4, 0.5) is 0 Å². The molecule has 1 amide bonds. The van der Waals surface area contributed by atoms with Gasteiger partial charge in [-0.1, -0.05) is 12.1 Å². The summed E-state index contributed by atoms with van der Waals surface area (Å²) in [5.41, 5.74) is 7.38. The number of rotatable bonds is 3. The smallest absolute Gasteiger partial charge is 0.228 e. The molecule has 31 heavy (non-hydrogen) atoms. The molecule has 3 aromatic rings. The number of nitrogens with zero attached hydrogens (tertiary/aromatic N) is 3. The minimum absolute atomic E-state index is 0.125. The number of amides is 1. The molecule has 0 atom stereocenters. The minimum atomic E-state index is -0.470. The summed E-state index contributed by atoms with van der Waals surface area (Å²) in [6, 6.07) is 10.5. The fourth-order valence-electron chi connectivity index (χ4n) is 4.62. The predicted octanol–water partition coefficient (Wildman–Crippen LogP) is 3.83. The molecule has 2 saturated heterocycles. The van der Waals surface area contributed by atoms with Crippen molar-refractivity contribution in [2.24, 2.45) is 0 Å². The van der Waals surface area contributed by atoms with E-state index in [0.29, 0.717) is 32.7 Å². The lowest BCUT2D eigenvalue weighted by molar-refractivity contribution is -0.187. The summed E-state index contributed by atoms with van der Waals surface area (Å²) >= 11 is 0. The van der Waals surface area contributed by atoms with Gasteiger partial charge in [0.2, 0.25) is 5.91 Å². The van der Waals surface area contributed by atoms with Gasteiger partial charge in [-0.15, -0.1) is 0 Å². The number of fused-ring (bicyclic) bond motifs is 1. The van der Waals surface area contributed by atoms with E-state index in [0.717, 1.165) is 41.0 Å². The Morgan fingerprint density at radius 1 is 1.03 bits per heavy atom. The van der Waals surface area contributed by atoms with Gasteiger partial charge in [-0.2, -0.15) is 0 Å². The average molecular weight is 420 g/mol. The molecule has 2 aliphatic heterocycles. The van der Waals surface area contributed by atoms with Crippen LogP contribution in [0.15, 0.2) is 36.5 Å². The van der Waals surface area contributed by atoms with Crippen LogP contribution in [-0.4, -0.2) is 52.3 Å².